The maximum absolute atomic E-state index is 11.6. The van der Waals surface area contributed by atoms with Crippen molar-refractivity contribution in [2.24, 2.45) is 5.73 Å². The zero-order valence-corrected chi connectivity index (χ0v) is 11.3. The highest BCUT2D eigenvalue weighted by atomic mass is 16.5. The number of amides is 1. The van der Waals surface area contributed by atoms with Crippen molar-refractivity contribution in [3.8, 4) is 0 Å². The Morgan fingerprint density at radius 2 is 2.11 bits per heavy atom. The molecule has 1 aliphatic rings. The van der Waals surface area contributed by atoms with Crippen LogP contribution in [-0.2, 0) is 14.3 Å². The van der Waals surface area contributed by atoms with Gasteiger partial charge in [-0.25, -0.2) is 4.79 Å². The van der Waals surface area contributed by atoms with Gasteiger partial charge in [0.1, 0.15) is 0 Å². The van der Waals surface area contributed by atoms with E-state index in [1.165, 1.54) is 14.0 Å². The molecule has 0 aromatic carbocycles. The summed E-state index contributed by atoms with van der Waals surface area (Å²) in [7, 11) is 5.10. The molecule has 1 amide bonds. The van der Waals surface area contributed by atoms with Gasteiger partial charge in [0, 0.05) is 24.6 Å². The zero-order chi connectivity index (χ0) is 13.9. The third-order valence-electron chi connectivity index (χ3n) is 3.07. The van der Waals surface area contributed by atoms with Crippen molar-refractivity contribution in [1.29, 1.82) is 0 Å². The van der Waals surface area contributed by atoms with Gasteiger partial charge in [-0.2, -0.15) is 0 Å². The summed E-state index contributed by atoms with van der Waals surface area (Å²) >= 11 is 0. The van der Waals surface area contributed by atoms with E-state index in [-0.39, 0.29) is 30.0 Å². The van der Waals surface area contributed by atoms with E-state index in [9.17, 15) is 9.59 Å². The number of rotatable bonds is 3. The van der Waals surface area contributed by atoms with Crippen LogP contribution in [0.4, 0.5) is 0 Å². The van der Waals surface area contributed by atoms with E-state index < -0.39 is 0 Å². The first-order valence-electron chi connectivity index (χ1n) is 5.85. The average Bonchev–Trinajstić information content (AvgIpc) is 2.29. The van der Waals surface area contributed by atoms with Crippen LogP contribution in [0, 0.1) is 0 Å². The fourth-order valence-electron chi connectivity index (χ4n) is 2.19. The second-order valence-corrected chi connectivity index (χ2v) is 4.73. The molecule has 0 saturated carbocycles. The molecule has 0 aliphatic heterocycles. The number of nitrogens with one attached hydrogen (secondary N) is 1. The van der Waals surface area contributed by atoms with Crippen molar-refractivity contribution in [3.63, 3.8) is 0 Å². The first-order valence-corrected chi connectivity index (χ1v) is 5.85. The lowest BCUT2D eigenvalue weighted by molar-refractivity contribution is -0.136. The van der Waals surface area contributed by atoms with Crippen molar-refractivity contribution in [2.75, 3.05) is 21.2 Å². The molecule has 0 bridgehead atoms. The SMILES string of the molecule is COC(=O)C1=CC(N(C)C)C(NC(C)=O)C(N)C1. The van der Waals surface area contributed by atoms with Crippen LogP contribution in [0.1, 0.15) is 13.3 Å². The summed E-state index contributed by atoms with van der Waals surface area (Å²) in [6, 6.07) is -0.627. The molecule has 0 heterocycles. The highest BCUT2D eigenvalue weighted by molar-refractivity contribution is 5.89. The fraction of sp³-hybridized carbons (Fsp3) is 0.667. The Morgan fingerprint density at radius 1 is 1.50 bits per heavy atom. The van der Waals surface area contributed by atoms with Crippen LogP contribution in [0.15, 0.2) is 11.6 Å². The number of nitrogens with two attached hydrogens (primary N) is 1. The predicted octanol–water partition coefficient (Wildman–Crippen LogP) is -0.748. The third kappa shape index (κ3) is 3.30. The average molecular weight is 255 g/mol. The molecule has 0 spiro atoms. The first-order chi connectivity index (χ1) is 8.36. The summed E-state index contributed by atoms with van der Waals surface area (Å²) in [5.41, 5.74) is 6.61. The van der Waals surface area contributed by atoms with E-state index in [1.54, 1.807) is 0 Å². The van der Waals surface area contributed by atoms with Gasteiger partial charge in [-0.3, -0.25) is 4.79 Å². The quantitative estimate of drug-likeness (QED) is 0.648. The Balaban J connectivity index is 2.99. The fourth-order valence-corrected chi connectivity index (χ4v) is 2.19. The van der Waals surface area contributed by atoms with Crippen LogP contribution in [0.3, 0.4) is 0 Å². The van der Waals surface area contributed by atoms with Gasteiger partial charge in [0.15, 0.2) is 0 Å². The second kappa shape index (κ2) is 5.97. The van der Waals surface area contributed by atoms with Crippen LogP contribution in [-0.4, -0.2) is 56.1 Å². The van der Waals surface area contributed by atoms with Gasteiger partial charge in [0.05, 0.1) is 13.2 Å². The molecule has 1 aliphatic carbocycles. The van der Waals surface area contributed by atoms with E-state index in [1.807, 2.05) is 25.1 Å². The predicted molar refractivity (Wildman–Crippen MR) is 67.8 cm³/mol. The molecule has 0 fully saturated rings. The summed E-state index contributed by atoms with van der Waals surface area (Å²) in [6.45, 7) is 1.46. The number of carbonyl (C=O) groups excluding carboxylic acids is 2. The van der Waals surface area contributed by atoms with Crippen molar-refractivity contribution < 1.29 is 14.3 Å². The summed E-state index contributed by atoms with van der Waals surface area (Å²) in [6.07, 6.45) is 2.22. The monoisotopic (exact) mass is 255 g/mol. The van der Waals surface area contributed by atoms with Crippen LogP contribution in [0.5, 0.6) is 0 Å². The van der Waals surface area contributed by atoms with Crippen molar-refractivity contribution >= 4 is 11.9 Å². The summed E-state index contributed by atoms with van der Waals surface area (Å²) in [5, 5.41) is 2.84. The van der Waals surface area contributed by atoms with Crippen LogP contribution < -0.4 is 11.1 Å². The number of nitrogens with zero attached hydrogens (tertiary/aromatic N) is 1. The minimum atomic E-state index is -0.362. The van der Waals surface area contributed by atoms with Gasteiger partial charge in [-0.05, 0) is 20.5 Å². The normalized spacial score (nSPS) is 27.7. The Bertz CT molecular complexity index is 366. The van der Waals surface area contributed by atoms with Gasteiger partial charge < -0.3 is 20.7 Å². The summed E-state index contributed by atoms with van der Waals surface area (Å²) in [4.78, 5) is 24.7. The Labute approximate surface area is 107 Å². The molecule has 18 heavy (non-hydrogen) atoms. The van der Waals surface area contributed by atoms with Crippen molar-refractivity contribution in [3.05, 3.63) is 11.6 Å². The molecular weight excluding hydrogens is 234 g/mol. The minimum Gasteiger partial charge on any atom is -0.466 e. The van der Waals surface area contributed by atoms with Crippen molar-refractivity contribution in [1.82, 2.24) is 10.2 Å². The van der Waals surface area contributed by atoms with Gasteiger partial charge >= 0.3 is 5.97 Å². The molecule has 3 N–H and O–H groups in total. The molecule has 0 radical (unpaired) electrons. The number of ether oxygens (including phenoxy) is 1. The molecule has 6 heteroatoms. The first kappa shape index (κ1) is 14.7. The van der Waals surface area contributed by atoms with Crippen LogP contribution in [0.2, 0.25) is 0 Å². The van der Waals surface area contributed by atoms with E-state index in [2.05, 4.69) is 5.32 Å². The highest BCUT2D eigenvalue weighted by Gasteiger charge is 2.35. The topological polar surface area (TPSA) is 84.7 Å². The maximum Gasteiger partial charge on any atom is 0.333 e. The molecule has 0 aromatic heterocycles. The minimum absolute atomic E-state index is 0.119. The van der Waals surface area contributed by atoms with E-state index in [0.29, 0.717) is 12.0 Å². The lowest BCUT2D eigenvalue weighted by Crippen LogP contribution is -2.59. The lowest BCUT2D eigenvalue weighted by Gasteiger charge is -2.38. The van der Waals surface area contributed by atoms with Gasteiger partial charge in [0.2, 0.25) is 5.91 Å². The Kier molecular flexibility index (Phi) is 4.86. The van der Waals surface area contributed by atoms with E-state index in [0.717, 1.165) is 0 Å². The maximum atomic E-state index is 11.6. The molecule has 102 valence electrons. The molecule has 0 saturated heterocycles. The Morgan fingerprint density at radius 3 is 2.56 bits per heavy atom. The van der Waals surface area contributed by atoms with E-state index >= 15 is 0 Å². The van der Waals surface area contributed by atoms with Crippen LogP contribution >= 0.6 is 0 Å². The molecule has 1 rings (SSSR count). The van der Waals surface area contributed by atoms with Gasteiger partial charge in [-0.1, -0.05) is 6.08 Å². The number of hydrogen-bond acceptors (Lipinski definition) is 5. The third-order valence-corrected chi connectivity index (χ3v) is 3.07. The van der Waals surface area contributed by atoms with E-state index in [4.69, 9.17) is 10.5 Å². The Hall–Kier alpha value is -1.40. The standard InChI is InChI=1S/C12H21N3O3/c1-7(16)14-11-9(13)5-8(12(17)18-4)6-10(11)15(2)3/h6,9-11H,5,13H2,1-4H3,(H,14,16). The number of methoxy groups -OCH3 is 1. The second-order valence-electron chi connectivity index (χ2n) is 4.73. The largest absolute Gasteiger partial charge is 0.466 e. The molecule has 3 atom stereocenters. The lowest BCUT2D eigenvalue weighted by atomic mass is 9.86. The van der Waals surface area contributed by atoms with Crippen molar-refractivity contribution in [2.45, 2.75) is 31.5 Å². The summed E-state index contributed by atoms with van der Waals surface area (Å²) < 4.78 is 4.71. The van der Waals surface area contributed by atoms with Gasteiger partial charge in [-0.15, -0.1) is 0 Å². The zero-order valence-electron chi connectivity index (χ0n) is 11.3. The van der Waals surface area contributed by atoms with Gasteiger partial charge in [0.25, 0.3) is 0 Å². The van der Waals surface area contributed by atoms with Crippen LogP contribution in [0.25, 0.3) is 0 Å². The highest BCUT2D eigenvalue weighted by Crippen LogP contribution is 2.21. The molecule has 6 nitrogen and oxygen atoms in total. The molecule has 0 aromatic rings. The number of esters is 1. The number of hydrogen-bond donors (Lipinski definition) is 2. The smallest absolute Gasteiger partial charge is 0.333 e. The summed E-state index contributed by atoms with van der Waals surface area (Å²) in [5.74, 6) is -0.490. The molecule has 3 unspecified atom stereocenters. The number of carbonyl (C=O) groups is 2. The molecular formula is C12H21N3O3. The number of likely N-dealkylation sites (N-methyl/N-ethyl adjacent to an activating group) is 1.